The fraction of sp³-hybridized carbons (Fsp3) is 0.933. The predicted octanol–water partition coefficient (Wildman–Crippen LogP) is 2.64. The molecule has 0 aliphatic carbocycles. The summed E-state index contributed by atoms with van der Waals surface area (Å²) >= 11 is 0. The van der Waals surface area contributed by atoms with E-state index in [1.54, 1.807) is 0 Å². The van der Waals surface area contributed by atoms with Crippen LogP contribution in [0.1, 0.15) is 53.4 Å². The summed E-state index contributed by atoms with van der Waals surface area (Å²) in [4.78, 5) is 14.3. The van der Waals surface area contributed by atoms with E-state index in [9.17, 15) is 4.79 Å². The van der Waals surface area contributed by atoms with Crippen LogP contribution in [0.15, 0.2) is 0 Å². The van der Waals surface area contributed by atoms with E-state index >= 15 is 0 Å². The van der Waals surface area contributed by atoms with Crippen molar-refractivity contribution >= 4 is 5.91 Å². The molecule has 0 aromatic rings. The first-order chi connectivity index (χ1) is 8.45. The van der Waals surface area contributed by atoms with Crippen LogP contribution in [-0.4, -0.2) is 29.9 Å². The van der Waals surface area contributed by atoms with Gasteiger partial charge in [0.05, 0.1) is 0 Å². The van der Waals surface area contributed by atoms with Gasteiger partial charge in [-0.25, -0.2) is 0 Å². The monoisotopic (exact) mass is 254 g/mol. The number of carbonyl (C=O) groups excluding carboxylic acids is 1. The first-order valence-electron chi connectivity index (χ1n) is 7.49. The van der Waals surface area contributed by atoms with E-state index < -0.39 is 0 Å². The van der Waals surface area contributed by atoms with Crippen molar-refractivity contribution in [3.05, 3.63) is 0 Å². The molecule has 1 rings (SSSR count). The zero-order chi connectivity index (χ0) is 13.7. The van der Waals surface area contributed by atoms with Gasteiger partial charge in [-0.05, 0) is 37.5 Å². The van der Waals surface area contributed by atoms with Crippen molar-refractivity contribution in [3.63, 3.8) is 0 Å². The van der Waals surface area contributed by atoms with E-state index in [1.807, 2.05) is 4.90 Å². The molecule has 1 amide bonds. The standard InChI is InChI=1S/C15H30N2O/c1-5-13(11(2)3)10-15(18)17-8-6-14(7-9-17)12(4)16/h11-14H,5-10,16H2,1-4H3. The fourth-order valence-electron chi connectivity index (χ4n) is 2.88. The molecule has 1 saturated heterocycles. The first kappa shape index (κ1) is 15.5. The van der Waals surface area contributed by atoms with Gasteiger partial charge in [0.2, 0.25) is 5.91 Å². The molecule has 3 nitrogen and oxygen atoms in total. The van der Waals surface area contributed by atoms with Gasteiger partial charge >= 0.3 is 0 Å². The summed E-state index contributed by atoms with van der Waals surface area (Å²) in [6, 6.07) is 0.265. The van der Waals surface area contributed by atoms with Gasteiger partial charge in [-0.2, -0.15) is 0 Å². The second-order valence-corrected chi connectivity index (χ2v) is 6.19. The van der Waals surface area contributed by atoms with Crippen LogP contribution in [-0.2, 0) is 4.79 Å². The first-order valence-corrected chi connectivity index (χ1v) is 7.49. The Kier molecular flexibility index (Phi) is 6.13. The average Bonchev–Trinajstić information content (AvgIpc) is 2.35. The normalized spacial score (nSPS) is 21.1. The largest absolute Gasteiger partial charge is 0.343 e. The zero-order valence-electron chi connectivity index (χ0n) is 12.5. The third-order valence-electron chi connectivity index (χ3n) is 4.54. The maximum atomic E-state index is 12.2. The number of likely N-dealkylation sites (tertiary alicyclic amines) is 1. The number of nitrogens with two attached hydrogens (primary N) is 1. The summed E-state index contributed by atoms with van der Waals surface area (Å²) < 4.78 is 0. The van der Waals surface area contributed by atoms with Crippen molar-refractivity contribution in [3.8, 4) is 0 Å². The fourth-order valence-corrected chi connectivity index (χ4v) is 2.88. The Morgan fingerprint density at radius 3 is 2.22 bits per heavy atom. The Labute approximate surface area is 112 Å². The van der Waals surface area contributed by atoms with Crippen LogP contribution in [0.4, 0.5) is 0 Å². The SMILES string of the molecule is CCC(CC(=O)N1CCC(C(C)N)CC1)C(C)C. The Balaban J connectivity index is 2.40. The molecule has 2 unspecified atom stereocenters. The van der Waals surface area contributed by atoms with Crippen LogP contribution < -0.4 is 5.73 Å². The van der Waals surface area contributed by atoms with Gasteiger partial charge in [-0.15, -0.1) is 0 Å². The van der Waals surface area contributed by atoms with Gasteiger partial charge in [0, 0.05) is 25.6 Å². The molecule has 2 atom stereocenters. The summed E-state index contributed by atoms with van der Waals surface area (Å²) in [7, 11) is 0. The Bertz CT molecular complexity index is 255. The van der Waals surface area contributed by atoms with Crippen molar-refractivity contribution in [2.45, 2.75) is 59.4 Å². The number of rotatable bonds is 5. The summed E-state index contributed by atoms with van der Waals surface area (Å²) in [6.45, 7) is 10.5. The molecule has 1 aliphatic rings. The van der Waals surface area contributed by atoms with Crippen molar-refractivity contribution < 1.29 is 4.79 Å². The quantitative estimate of drug-likeness (QED) is 0.820. The summed E-state index contributed by atoms with van der Waals surface area (Å²) in [5.41, 5.74) is 5.93. The van der Waals surface area contributed by atoms with Crippen LogP contribution in [0.25, 0.3) is 0 Å². The van der Waals surface area contributed by atoms with Gasteiger partial charge in [0.25, 0.3) is 0 Å². The molecule has 0 aromatic carbocycles. The molecule has 2 N–H and O–H groups in total. The smallest absolute Gasteiger partial charge is 0.222 e. The number of hydrogen-bond acceptors (Lipinski definition) is 2. The molecule has 106 valence electrons. The minimum atomic E-state index is 0.265. The van der Waals surface area contributed by atoms with Crippen LogP contribution in [0.3, 0.4) is 0 Å². The maximum absolute atomic E-state index is 12.2. The van der Waals surface area contributed by atoms with E-state index in [-0.39, 0.29) is 6.04 Å². The lowest BCUT2D eigenvalue weighted by Crippen LogP contribution is -2.43. The lowest BCUT2D eigenvalue weighted by molar-refractivity contribution is -0.134. The number of piperidine rings is 1. The molecule has 1 fully saturated rings. The minimum Gasteiger partial charge on any atom is -0.343 e. The molecule has 3 heteroatoms. The van der Waals surface area contributed by atoms with Gasteiger partial charge < -0.3 is 10.6 Å². The van der Waals surface area contributed by atoms with Crippen LogP contribution in [0, 0.1) is 17.8 Å². The van der Waals surface area contributed by atoms with Crippen LogP contribution in [0.2, 0.25) is 0 Å². The number of nitrogens with zero attached hydrogens (tertiary/aromatic N) is 1. The zero-order valence-corrected chi connectivity index (χ0v) is 12.5. The lowest BCUT2D eigenvalue weighted by atomic mass is 9.88. The molecular formula is C15H30N2O. The highest BCUT2D eigenvalue weighted by Crippen LogP contribution is 2.23. The van der Waals surface area contributed by atoms with E-state index in [0.29, 0.717) is 23.7 Å². The molecule has 0 saturated carbocycles. The average molecular weight is 254 g/mol. The van der Waals surface area contributed by atoms with E-state index in [4.69, 9.17) is 5.73 Å². The number of amides is 1. The summed E-state index contributed by atoms with van der Waals surface area (Å²) in [5, 5.41) is 0. The molecular weight excluding hydrogens is 224 g/mol. The van der Waals surface area contributed by atoms with E-state index in [2.05, 4.69) is 27.7 Å². The van der Waals surface area contributed by atoms with E-state index in [1.165, 1.54) is 0 Å². The molecule has 1 heterocycles. The Morgan fingerprint density at radius 2 is 1.83 bits per heavy atom. The lowest BCUT2D eigenvalue weighted by Gasteiger charge is -2.34. The highest BCUT2D eigenvalue weighted by Gasteiger charge is 2.26. The minimum absolute atomic E-state index is 0.265. The van der Waals surface area contributed by atoms with Gasteiger partial charge in [-0.3, -0.25) is 4.79 Å². The second-order valence-electron chi connectivity index (χ2n) is 6.19. The van der Waals surface area contributed by atoms with Crippen molar-refractivity contribution in [2.75, 3.05) is 13.1 Å². The topological polar surface area (TPSA) is 46.3 Å². The number of hydrogen-bond donors (Lipinski definition) is 1. The molecule has 18 heavy (non-hydrogen) atoms. The summed E-state index contributed by atoms with van der Waals surface area (Å²) in [5.74, 6) is 2.07. The van der Waals surface area contributed by atoms with Crippen molar-refractivity contribution in [1.29, 1.82) is 0 Å². The second kappa shape index (κ2) is 7.13. The summed E-state index contributed by atoms with van der Waals surface area (Å²) in [6.07, 6.45) is 3.96. The molecule has 0 bridgehead atoms. The van der Waals surface area contributed by atoms with Gasteiger partial charge in [-0.1, -0.05) is 27.2 Å². The molecule has 0 radical (unpaired) electrons. The Morgan fingerprint density at radius 1 is 1.28 bits per heavy atom. The maximum Gasteiger partial charge on any atom is 0.222 e. The van der Waals surface area contributed by atoms with Crippen molar-refractivity contribution in [1.82, 2.24) is 4.90 Å². The Hall–Kier alpha value is -0.570. The third kappa shape index (κ3) is 4.27. The van der Waals surface area contributed by atoms with Gasteiger partial charge in [0.15, 0.2) is 0 Å². The molecule has 0 spiro atoms. The predicted molar refractivity (Wildman–Crippen MR) is 76.2 cm³/mol. The number of carbonyl (C=O) groups is 1. The highest BCUT2D eigenvalue weighted by molar-refractivity contribution is 5.76. The molecule has 1 aliphatic heterocycles. The molecule has 0 aromatic heterocycles. The van der Waals surface area contributed by atoms with Crippen LogP contribution in [0.5, 0.6) is 0 Å². The van der Waals surface area contributed by atoms with Crippen molar-refractivity contribution in [2.24, 2.45) is 23.5 Å². The van der Waals surface area contributed by atoms with E-state index in [0.717, 1.165) is 38.8 Å². The van der Waals surface area contributed by atoms with Gasteiger partial charge in [0.1, 0.15) is 0 Å². The highest BCUT2D eigenvalue weighted by atomic mass is 16.2. The van der Waals surface area contributed by atoms with Crippen LogP contribution >= 0.6 is 0 Å². The third-order valence-corrected chi connectivity index (χ3v) is 4.54.